The van der Waals surface area contributed by atoms with E-state index in [1.807, 2.05) is 97.1 Å². The molecule has 20 heteroatoms. The van der Waals surface area contributed by atoms with Crippen LogP contribution in [0.5, 0.6) is 0 Å². The summed E-state index contributed by atoms with van der Waals surface area (Å²) in [7, 11) is -8.72. The first-order chi connectivity index (χ1) is 58.9. The summed E-state index contributed by atoms with van der Waals surface area (Å²) in [5.41, 5.74) is 6.73. The van der Waals surface area contributed by atoms with Crippen molar-refractivity contribution in [1.29, 1.82) is 0 Å². The monoisotopic (exact) mass is 1760 g/mol. The third kappa shape index (κ3) is 18.7. The van der Waals surface area contributed by atoms with Crippen LogP contribution in [-0.4, -0.2) is 32.3 Å². The minimum Gasteiger partial charge on any atom is -0.203 e. The predicted octanol–water partition coefficient (Wildman–Crippen LogP) is 34.0. The lowest BCUT2D eigenvalue weighted by Gasteiger charge is -2.26. The SMILES string of the molecule is CCCC[Si](C)(C)/C=C1/C(=C/[Si](C)(C)CCCC)c2ccc(cc2)-c2ccc(cc2)-c2c(F)c(F)c(c(F)c2F)-c2c(F)c(F)c(c(F)c2F)-c2ccc(cc2)-c2ccc(cc2)C(=C\[Si](C)(C)CCCC)/C(=C/[Si](C)(C)CCCC)c2ccc(cc2)-c2ccc(cc2)-c2c(F)c(F)c(c(F)c2F)-c2c(F)c(F)c(c(F)c2F)-c2ccc(cc2)-c2ccc1cc2. The number of unbranched alkanes of at least 4 members (excludes halogenated alkanes) is 4. The minimum atomic E-state index is -2.30. The zero-order valence-electron chi connectivity index (χ0n) is 71.3. The van der Waals surface area contributed by atoms with Crippen LogP contribution in [0.4, 0.5) is 70.2 Å². The fraction of sp³-hybridized carbons (Fsp3) is 0.231. The summed E-state index contributed by atoms with van der Waals surface area (Å²) < 4.78 is 265. The van der Waals surface area contributed by atoms with E-state index in [2.05, 4.69) is 103 Å². The average Bonchev–Trinajstić information content (AvgIpc) is 0.738. The molecule has 0 unspecified atom stereocenters. The molecule has 0 nitrogen and oxygen atoms in total. The summed E-state index contributed by atoms with van der Waals surface area (Å²) in [6, 6.07) is 55.5. The highest BCUT2D eigenvalue weighted by molar-refractivity contribution is 6.85. The number of halogens is 16. The number of hydrogen-bond donors (Lipinski definition) is 0. The first kappa shape index (κ1) is 91.1. The van der Waals surface area contributed by atoms with Crippen molar-refractivity contribution in [3.8, 4) is 111 Å². The quantitative estimate of drug-likeness (QED) is 0.0514. The summed E-state index contributed by atoms with van der Waals surface area (Å²) in [5, 5.41) is 0. The van der Waals surface area contributed by atoms with Crippen molar-refractivity contribution in [2.45, 2.75) is 156 Å². The van der Waals surface area contributed by atoms with Gasteiger partial charge in [0, 0.05) is 0 Å². The second kappa shape index (κ2) is 37.3. The summed E-state index contributed by atoms with van der Waals surface area (Å²) in [4.78, 5) is 0. The molecule has 0 heterocycles. The maximum Gasteiger partial charge on any atom is 0.170 e. The molecule has 19 aliphatic carbocycles. The van der Waals surface area contributed by atoms with Gasteiger partial charge in [-0.15, -0.1) is 0 Å². The Kier molecular flexibility index (Phi) is 27.4. The van der Waals surface area contributed by atoms with Crippen molar-refractivity contribution in [2.75, 3.05) is 0 Å². The summed E-state index contributed by atoms with van der Waals surface area (Å²) in [5.74, 6) is -35.1. The number of rotatable bonds is 16. The van der Waals surface area contributed by atoms with Gasteiger partial charge in [0.15, 0.2) is 93.1 Å². The Bertz CT molecular complexity index is 5280. The third-order valence-corrected chi connectivity index (χ3v) is 34.6. The first-order valence-electron chi connectivity index (χ1n) is 42.1. The molecule has 0 N–H and O–H groups in total. The number of hydrogen-bond acceptors (Lipinski definition) is 0. The van der Waals surface area contributed by atoms with Crippen molar-refractivity contribution < 1.29 is 70.2 Å². The van der Waals surface area contributed by atoms with E-state index < -0.39 is 170 Å². The molecule has 0 saturated carbocycles. The molecule has 0 saturated heterocycles. The molecular formula is C104H96F16Si4. The van der Waals surface area contributed by atoms with E-state index in [1.165, 1.54) is 97.1 Å². The van der Waals surface area contributed by atoms with Gasteiger partial charge in [-0.1, -0.05) is 373 Å². The molecule has 19 aliphatic rings. The number of allylic oxidation sites excluding steroid dienone is 4. The van der Waals surface area contributed by atoms with Crippen molar-refractivity contribution >= 4 is 54.6 Å². The molecule has 0 atom stereocenters. The Balaban J connectivity index is 0.937. The van der Waals surface area contributed by atoms with Crippen molar-refractivity contribution in [2.24, 2.45) is 0 Å². The van der Waals surface area contributed by atoms with Crippen LogP contribution in [0.15, 0.2) is 217 Å². The molecular weight excluding hydrogens is 1670 g/mol. The third-order valence-electron chi connectivity index (χ3n) is 23.8. The van der Waals surface area contributed by atoms with Gasteiger partial charge in [0.2, 0.25) is 0 Å². The van der Waals surface area contributed by atoms with Crippen molar-refractivity contribution in [3.63, 3.8) is 0 Å². The van der Waals surface area contributed by atoms with Crippen LogP contribution in [0.25, 0.3) is 134 Å². The van der Waals surface area contributed by atoms with E-state index in [4.69, 9.17) is 0 Å². The minimum absolute atomic E-state index is 0.383. The van der Waals surface area contributed by atoms with Crippen LogP contribution in [0, 0.1) is 93.1 Å². The Hall–Kier alpha value is -10.7. The molecule has 0 fully saturated rings. The molecule has 12 aromatic rings. The molecule has 0 spiro atoms. The molecule has 0 aromatic heterocycles. The molecule has 12 aromatic carbocycles. The second-order valence-electron chi connectivity index (χ2n) is 35.2. The zero-order valence-corrected chi connectivity index (χ0v) is 75.3. The van der Waals surface area contributed by atoms with Gasteiger partial charge in [-0.2, -0.15) is 0 Å². The lowest BCUT2D eigenvalue weighted by Crippen LogP contribution is -2.25. The Morgan fingerprint density at radius 1 is 0.161 bits per heavy atom. The molecule has 124 heavy (non-hydrogen) atoms. The highest BCUT2D eigenvalue weighted by atomic mass is 28.3. The van der Waals surface area contributed by atoms with Crippen LogP contribution in [0.2, 0.25) is 76.6 Å². The van der Waals surface area contributed by atoms with Crippen LogP contribution in [0.1, 0.15) is 101 Å². The van der Waals surface area contributed by atoms with Gasteiger partial charge < -0.3 is 0 Å². The van der Waals surface area contributed by atoms with Crippen LogP contribution < -0.4 is 0 Å². The van der Waals surface area contributed by atoms with Crippen LogP contribution in [-0.2, 0) is 0 Å². The lowest BCUT2D eigenvalue weighted by molar-refractivity contribution is 0.446. The van der Waals surface area contributed by atoms with E-state index in [0.717, 1.165) is 120 Å². The Morgan fingerprint density at radius 3 is 0.387 bits per heavy atom. The smallest absolute Gasteiger partial charge is 0.170 e. The maximum atomic E-state index is 16.6. The Labute approximate surface area is 719 Å². The molecule has 640 valence electrons. The van der Waals surface area contributed by atoms with Gasteiger partial charge >= 0.3 is 0 Å². The molecule has 0 aliphatic heterocycles. The maximum absolute atomic E-state index is 16.6. The van der Waals surface area contributed by atoms with E-state index in [0.29, 0.717) is 44.5 Å². The van der Waals surface area contributed by atoms with Crippen LogP contribution in [0.3, 0.4) is 0 Å². The van der Waals surface area contributed by atoms with Gasteiger partial charge in [0.1, 0.15) is 0 Å². The average molecular weight is 1760 g/mol. The van der Waals surface area contributed by atoms with E-state index in [9.17, 15) is 0 Å². The van der Waals surface area contributed by atoms with E-state index >= 15 is 70.2 Å². The zero-order chi connectivity index (χ0) is 89.3. The lowest BCUT2D eigenvalue weighted by atomic mass is 9.91. The highest BCUT2D eigenvalue weighted by Gasteiger charge is 2.39. The second-order valence-corrected chi connectivity index (χ2v) is 54.3. The summed E-state index contributed by atoms with van der Waals surface area (Å²) in [6.07, 6.45) is 7.77. The van der Waals surface area contributed by atoms with Gasteiger partial charge in [0.05, 0.1) is 76.8 Å². The fourth-order valence-electron chi connectivity index (χ4n) is 16.8. The molecule has 31 rings (SSSR count). The van der Waals surface area contributed by atoms with E-state index in [1.54, 1.807) is 0 Å². The van der Waals surface area contributed by atoms with Crippen molar-refractivity contribution in [3.05, 3.63) is 332 Å². The topological polar surface area (TPSA) is 0 Å². The standard InChI is InChI=1S/C104H96F16Si4/c1-13-17-53-121(5,6)57-77-69-37-21-61(22-38-69)65-29-45-73(46-30-65)81-89(105)97(113)85(98(114)90(81)106)86-101(117)93(109)83(94(110)102(86)118)75-49-33-67(34-50-75)63-25-41-71(42-26-63)79(59-123(9,10)55-19-15-3)80(60-124(11,12)56-20-16-4)72-43-27-64(28-44-72)68-35-51-76(52-36-68)84-95(111)103(119)88(104(120)96(84)112)87-99(115)91(107)82(92(108)100(87)116)74-47-31-66(32-48-74)62-23-39-70(40-24-62)78(77)58-122(7,8)54-18-14-2/h21-52,57-60H,13-20,53-56H2,1-12H3/b77-57+,78-58+,79-59+,80-60+. The van der Waals surface area contributed by atoms with Gasteiger partial charge in [0.25, 0.3) is 0 Å². The van der Waals surface area contributed by atoms with E-state index in [-0.39, 0.29) is 22.3 Å². The van der Waals surface area contributed by atoms with Crippen molar-refractivity contribution in [1.82, 2.24) is 0 Å². The fourth-order valence-corrected chi connectivity index (χ4v) is 26.8. The normalized spacial score (nSPS) is 14.1. The largest absolute Gasteiger partial charge is 0.203 e. The van der Waals surface area contributed by atoms with Gasteiger partial charge in [-0.25, -0.2) is 70.2 Å². The highest BCUT2D eigenvalue weighted by Crippen LogP contribution is 2.49. The van der Waals surface area contributed by atoms with Gasteiger partial charge in [-0.05, 0) is 111 Å². The van der Waals surface area contributed by atoms with Gasteiger partial charge in [-0.3, -0.25) is 0 Å². The molecule has 0 amide bonds. The first-order valence-corrected chi connectivity index (χ1v) is 55.3. The van der Waals surface area contributed by atoms with Crippen LogP contribution >= 0.6 is 0 Å². The molecule has 24 bridgehead atoms. The number of benzene rings is 12. The summed E-state index contributed by atoms with van der Waals surface area (Å²) >= 11 is 0. The summed E-state index contributed by atoms with van der Waals surface area (Å²) in [6.45, 7) is 26.8. The molecule has 0 radical (unpaired) electrons. The Morgan fingerprint density at radius 2 is 0.266 bits per heavy atom. The predicted molar refractivity (Wildman–Crippen MR) is 487 cm³/mol.